The molecule has 1 aliphatic carbocycles. The van der Waals surface area contributed by atoms with Crippen LogP contribution in [0.5, 0.6) is 0 Å². The van der Waals surface area contributed by atoms with Gasteiger partial charge in [-0.15, -0.1) is 0 Å². The fourth-order valence-electron chi connectivity index (χ4n) is 3.04. The number of carbonyl (C=O) groups excluding carboxylic acids is 1. The molecule has 0 saturated heterocycles. The molecule has 1 aliphatic heterocycles. The topological polar surface area (TPSA) is 73.2 Å². The normalized spacial score (nSPS) is 19.6. The lowest BCUT2D eigenvalue weighted by atomic mass is 9.97. The highest BCUT2D eigenvalue weighted by Crippen LogP contribution is 2.33. The van der Waals surface area contributed by atoms with Crippen LogP contribution in [-0.2, 0) is 22.4 Å². The Kier molecular flexibility index (Phi) is 4.83. The zero-order valence-corrected chi connectivity index (χ0v) is 13.6. The van der Waals surface area contributed by atoms with Gasteiger partial charge in [0.25, 0.3) is 5.56 Å². The molecule has 7 heteroatoms. The standard InChI is InChI=1S/C15H21N3O3S/c1-21-7-6-16-13(19)8-10-9-22-15-17-12-5-3-2-4-11(12)14(20)18(10)15/h10H,2-9H2,1H3,(H,16,19). The molecule has 0 aromatic carbocycles. The van der Waals surface area contributed by atoms with E-state index in [4.69, 9.17) is 4.74 Å². The van der Waals surface area contributed by atoms with Gasteiger partial charge in [0.1, 0.15) is 0 Å². The smallest absolute Gasteiger partial charge is 0.257 e. The van der Waals surface area contributed by atoms with Crippen molar-refractivity contribution in [2.75, 3.05) is 26.0 Å². The van der Waals surface area contributed by atoms with Gasteiger partial charge in [0.15, 0.2) is 5.16 Å². The number of thioether (sulfide) groups is 1. The molecule has 1 atom stereocenters. The van der Waals surface area contributed by atoms with Gasteiger partial charge in [0.05, 0.1) is 18.3 Å². The molecule has 1 N–H and O–H groups in total. The average Bonchev–Trinajstić information content (AvgIpc) is 2.91. The van der Waals surface area contributed by atoms with Crippen molar-refractivity contribution in [2.24, 2.45) is 0 Å². The summed E-state index contributed by atoms with van der Waals surface area (Å²) in [5.74, 6) is 0.697. The molecule has 22 heavy (non-hydrogen) atoms. The third kappa shape index (κ3) is 3.05. The van der Waals surface area contributed by atoms with E-state index in [1.165, 1.54) is 0 Å². The first-order valence-corrected chi connectivity index (χ1v) is 8.72. The average molecular weight is 323 g/mol. The monoisotopic (exact) mass is 323 g/mol. The molecular formula is C15H21N3O3S. The number of hydrogen-bond donors (Lipinski definition) is 1. The second kappa shape index (κ2) is 6.83. The highest BCUT2D eigenvalue weighted by molar-refractivity contribution is 7.99. The summed E-state index contributed by atoms with van der Waals surface area (Å²) >= 11 is 1.58. The van der Waals surface area contributed by atoms with E-state index in [0.717, 1.165) is 47.8 Å². The van der Waals surface area contributed by atoms with Crippen LogP contribution in [0, 0.1) is 0 Å². The summed E-state index contributed by atoms with van der Waals surface area (Å²) in [6, 6.07) is -0.0882. The minimum absolute atomic E-state index is 0.0416. The van der Waals surface area contributed by atoms with Crippen LogP contribution in [0.1, 0.15) is 36.6 Å². The first-order chi connectivity index (χ1) is 10.7. The molecule has 1 amide bonds. The van der Waals surface area contributed by atoms with Crippen molar-refractivity contribution in [1.29, 1.82) is 0 Å². The first-order valence-electron chi connectivity index (χ1n) is 7.73. The Hall–Kier alpha value is -1.34. The highest BCUT2D eigenvalue weighted by Gasteiger charge is 2.30. The van der Waals surface area contributed by atoms with Crippen molar-refractivity contribution < 1.29 is 9.53 Å². The maximum absolute atomic E-state index is 12.7. The Morgan fingerprint density at radius 2 is 2.27 bits per heavy atom. The number of aryl methyl sites for hydroxylation is 1. The van der Waals surface area contributed by atoms with Crippen molar-refractivity contribution in [3.63, 3.8) is 0 Å². The Morgan fingerprint density at radius 3 is 3.09 bits per heavy atom. The molecule has 1 aromatic rings. The van der Waals surface area contributed by atoms with Gasteiger partial charge in [-0.1, -0.05) is 11.8 Å². The number of nitrogens with one attached hydrogen (secondary N) is 1. The van der Waals surface area contributed by atoms with Gasteiger partial charge in [-0.25, -0.2) is 4.98 Å². The lowest BCUT2D eigenvalue weighted by Crippen LogP contribution is -2.34. The number of nitrogens with zero attached hydrogens (tertiary/aromatic N) is 2. The Labute approximate surface area is 133 Å². The molecule has 0 bridgehead atoms. The molecule has 3 rings (SSSR count). The summed E-state index contributed by atoms with van der Waals surface area (Å²) in [7, 11) is 1.60. The zero-order chi connectivity index (χ0) is 15.5. The highest BCUT2D eigenvalue weighted by atomic mass is 32.2. The first kappa shape index (κ1) is 15.6. The summed E-state index contributed by atoms with van der Waals surface area (Å²) in [5, 5.41) is 3.59. The van der Waals surface area contributed by atoms with Crippen molar-refractivity contribution in [3.05, 3.63) is 21.6 Å². The lowest BCUT2D eigenvalue weighted by molar-refractivity contribution is -0.121. The minimum atomic E-state index is -0.0882. The Bertz CT molecular complexity index is 629. The number of rotatable bonds is 5. The predicted molar refractivity (Wildman–Crippen MR) is 84.4 cm³/mol. The van der Waals surface area contributed by atoms with Crippen LogP contribution in [0.25, 0.3) is 0 Å². The number of aromatic nitrogens is 2. The van der Waals surface area contributed by atoms with Crippen LogP contribution in [0.4, 0.5) is 0 Å². The van der Waals surface area contributed by atoms with Crippen LogP contribution < -0.4 is 10.9 Å². The van der Waals surface area contributed by atoms with Gasteiger partial charge >= 0.3 is 0 Å². The van der Waals surface area contributed by atoms with Crippen LogP contribution >= 0.6 is 11.8 Å². The third-order valence-electron chi connectivity index (χ3n) is 4.17. The number of carbonyl (C=O) groups is 1. The molecular weight excluding hydrogens is 302 g/mol. The maximum Gasteiger partial charge on any atom is 0.257 e. The van der Waals surface area contributed by atoms with E-state index in [1.807, 2.05) is 0 Å². The number of methoxy groups -OCH3 is 1. The van der Waals surface area contributed by atoms with Crippen LogP contribution in [-0.4, -0.2) is 41.5 Å². The van der Waals surface area contributed by atoms with E-state index in [9.17, 15) is 9.59 Å². The van der Waals surface area contributed by atoms with Gasteiger partial charge in [-0.05, 0) is 25.7 Å². The quantitative estimate of drug-likeness (QED) is 0.644. The van der Waals surface area contributed by atoms with Gasteiger partial charge in [0.2, 0.25) is 5.91 Å². The molecule has 0 spiro atoms. The largest absolute Gasteiger partial charge is 0.383 e. The van der Waals surface area contributed by atoms with Crippen molar-refractivity contribution in [3.8, 4) is 0 Å². The van der Waals surface area contributed by atoms with Gasteiger partial charge in [-0.2, -0.15) is 0 Å². The Balaban J connectivity index is 1.77. The molecule has 2 heterocycles. The maximum atomic E-state index is 12.7. The van der Waals surface area contributed by atoms with Gasteiger partial charge in [-0.3, -0.25) is 14.2 Å². The molecule has 0 fully saturated rings. The molecule has 0 saturated carbocycles. The minimum Gasteiger partial charge on any atom is -0.383 e. The predicted octanol–water partition coefficient (Wildman–Crippen LogP) is 0.922. The van der Waals surface area contributed by atoms with Crippen molar-refractivity contribution in [1.82, 2.24) is 14.9 Å². The van der Waals surface area contributed by atoms with Gasteiger partial charge < -0.3 is 10.1 Å². The van der Waals surface area contributed by atoms with E-state index in [0.29, 0.717) is 19.6 Å². The van der Waals surface area contributed by atoms with Crippen molar-refractivity contribution >= 4 is 17.7 Å². The number of fused-ring (bicyclic) bond motifs is 2. The SMILES string of the molecule is COCCNC(=O)CC1CSc2nc3c(c(=O)n21)CCCC3. The molecule has 120 valence electrons. The zero-order valence-electron chi connectivity index (χ0n) is 12.8. The summed E-state index contributed by atoms with van der Waals surface area (Å²) in [5.41, 5.74) is 1.90. The summed E-state index contributed by atoms with van der Waals surface area (Å²) in [4.78, 5) is 29.3. The fourth-order valence-corrected chi connectivity index (χ4v) is 4.20. The van der Waals surface area contributed by atoms with E-state index < -0.39 is 0 Å². The van der Waals surface area contributed by atoms with Crippen molar-refractivity contribution in [2.45, 2.75) is 43.3 Å². The molecule has 0 radical (unpaired) electrons. The molecule has 1 unspecified atom stereocenters. The number of hydrogen-bond acceptors (Lipinski definition) is 5. The van der Waals surface area contributed by atoms with E-state index in [1.54, 1.807) is 23.4 Å². The molecule has 6 nitrogen and oxygen atoms in total. The fraction of sp³-hybridized carbons (Fsp3) is 0.667. The summed E-state index contributed by atoms with van der Waals surface area (Å²) in [6.07, 6.45) is 4.21. The molecule has 2 aliphatic rings. The van der Waals surface area contributed by atoms with E-state index in [-0.39, 0.29) is 17.5 Å². The van der Waals surface area contributed by atoms with E-state index >= 15 is 0 Å². The second-order valence-electron chi connectivity index (χ2n) is 5.71. The lowest BCUT2D eigenvalue weighted by Gasteiger charge is -2.18. The van der Waals surface area contributed by atoms with Gasteiger partial charge in [0, 0.05) is 31.4 Å². The number of amides is 1. The van der Waals surface area contributed by atoms with Crippen LogP contribution in [0.2, 0.25) is 0 Å². The summed E-state index contributed by atoms with van der Waals surface area (Å²) < 4.78 is 6.66. The van der Waals surface area contributed by atoms with Crippen LogP contribution in [0.3, 0.4) is 0 Å². The van der Waals surface area contributed by atoms with E-state index in [2.05, 4.69) is 10.3 Å². The number of ether oxygens (including phenoxy) is 1. The molecule has 1 aromatic heterocycles. The second-order valence-corrected chi connectivity index (χ2v) is 6.70. The Morgan fingerprint density at radius 1 is 1.45 bits per heavy atom. The van der Waals surface area contributed by atoms with Crippen LogP contribution in [0.15, 0.2) is 9.95 Å². The summed E-state index contributed by atoms with van der Waals surface area (Å²) in [6.45, 7) is 0.996. The third-order valence-corrected chi connectivity index (χ3v) is 5.27.